The average molecular weight is 292 g/mol. The van der Waals surface area contributed by atoms with E-state index in [2.05, 4.69) is 19.2 Å². The topological polar surface area (TPSA) is 52.6 Å². The Morgan fingerprint density at radius 3 is 2.29 bits per heavy atom. The molecule has 1 aromatic rings. The number of benzene rings is 1. The van der Waals surface area contributed by atoms with Gasteiger partial charge in [0.05, 0.1) is 12.1 Å². The van der Waals surface area contributed by atoms with Gasteiger partial charge in [0.1, 0.15) is 0 Å². The summed E-state index contributed by atoms with van der Waals surface area (Å²) in [6, 6.07) is 9.77. The molecule has 0 aliphatic rings. The summed E-state index contributed by atoms with van der Waals surface area (Å²) in [4.78, 5) is 14.1. The first-order chi connectivity index (χ1) is 9.69. The molecule has 2 N–H and O–H groups in total. The summed E-state index contributed by atoms with van der Waals surface area (Å²) in [5, 5.41) is 13.0. The van der Waals surface area contributed by atoms with E-state index in [1.807, 2.05) is 37.3 Å². The molecular formula is C17H28N2O2. The minimum atomic E-state index is -0.923. The van der Waals surface area contributed by atoms with Gasteiger partial charge >= 0.3 is 6.03 Å². The lowest BCUT2D eigenvalue weighted by Crippen LogP contribution is -2.49. The van der Waals surface area contributed by atoms with Crippen LogP contribution in [0.1, 0.15) is 40.2 Å². The third kappa shape index (κ3) is 6.63. The molecule has 0 bridgehead atoms. The number of carbonyl (C=O) groups is 1. The molecule has 0 heterocycles. The van der Waals surface area contributed by atoms with E-state index in [0.717, 1.165) is 5.56 Å². The van der Waals surface area contributed by atoms with Gasteiger partial charge in [-0.1, -0.05) is 44.2 Å². The summed E-state index contributed by atoms with van der Waals surface area (Å²) in [7, 11) is 0. The fourth-order valence-corrected chi connectivity index (χ4v) is 1.92. The van der Waals surface area contributed by atoms with E-state index in [-0.39, 0.29) is 12.1 Å². The Labute approximate surface area is 128 Å². The van der Waals surface area contributed by atoms with E-state index >= 15 is 0 Å². The van der Waals surface area contributed by atoms with Crippen molar-refractivity contribution in [1.29, 1.82) is 0 Å². The van der Waals surface area contributed by atoms with Crippen molar-refractivity contribution in [2.75, 3.05) is 6.54 Å². The van der Waals surface area contributed by atoms with Crippen LogP contribution in [0.3, 0.4) is 0 Å². The zero-order valence-corrected chi connectivity index (χ0v) is 13.8. The third-order valence-corrected chi connectivity index (χ3v) is 3.43. The van der Waals surface area contributed by atoms with Gasteiger partial charge in [-0.05, 0) is 32.3 Å². The van der Waals surface area contributed by atoms with E-state index in [9.17, 15) is 9.90 Å². The second-order valence-corrected chi connectivity index (χ2v) is 6.64. The molecule has 21 heavy (non-hydrogen) atoms. The van der Waals surface area contributed by atoms with Crippen molar-refractivity contribution in [1.82, 2.24) is 10.2 Å². The highest BCUT2D eigenvalue weighted by molar-refractivity contribution is 5.74. The Hall–Kier alpha value is -1.55. The lowest BCUT2D eigenvalue weighted by molar-refractivity contribution is 0.0440. The van der Waals surface area contributed by atoms with Crippen molar-refractivity contribution in [3.63, 3.8) is 0 Å². The zero-order chi connectivity index (χ0) is 16.0. The van der Waals surface area contributed by atoms with Gasteiger partial charge in [0.2, 0.25) is 0 Å². The number of urea groups is 1. The van der Waals surface area contributed by atoms with E-state index in [1.165, 1.54) is 0 Å². The third-order valence-electron chi connectivity index (χ3n) is 3.43. The van der Waals surface area contributed by atoms with E-state index in [0.29, 0.717) is 19.0 Å². The van der Waals surface area contributed by atoms with Gasteiger partial charge in [0, 0.05) is 12.6 Å². The summed E-state index contributed by atoms with van der Waals surface area (Å²) in [6.45, 7) is 10.3. The molecule has 0 fully saturated rings. The molecule has 1 atom stereocenters. The van der Waals surface area contributed by atoms with Crippen LogP contribution in [0.4, 0.5) is 4.79 Å². The fourth-order valence-electron chi connectivity index (χ4n) is 1.92. The lowest BCUT2D eigenvalue weighted by Gasteiger charge is -2.31. The Balaban J connectivity index is 2.79. The highest BCUT2D eigenvalue weighted by atomic mass is 16.3. The number of hydrogen-bond donors (Lipinski definition) is 2. The van der Waals surface area contributed by atoms with Gasteiger partial charge in [0.25, 0.3) is 0 Å². The first kappa shape index (κ1) is 17.5. The summed E-state index contributed by atoms with van der Waals surface area (Å²) >= 11 is 0. The van der Waals surface area contributed by atoms with Gasteiger partial charge < -0.3 is 15.3 Å². The molecule has 1 rings (SSSR count). The van der Waals surface area contributed by atoms with Gasteiger partial charge in [-0.15, -0.1) is 0 Å². The van der Waals surface area contributed by atoms with Crippen LogP contribution in [0.5, 0.6) is 0 Å². The maximum atomic E-state index is 12.4. The molecule has 4 nitrogen and oxygen atoms in total. The van der Waals surface area contributed by atoms with Crippen molar-refractivity contribution in [2.45, 2.75) is 52.8 Å². The van der Waals surface area contributed by atoms with E-state index in [1.54, 1.807) is 18.7 Å². The number of aliphatic hydroxyl groups is 1. The Bertz CT molecular complexity index is 438. The Morgan fingerprint density at radius 2 is 1.81 bits per heavy atom. The van der Waals surface area contributed by atoms with E-state index in [4.69, 9.17) is 0 Å². The van der Waals surface area contributed by atoms with Gasteiger partial charge in [-0.25, -0.2) is 4.79 Å². The molecule has 118 valence electrons. The van der Waals surface area contributed by atoms with Crippen molar-refractivity contribution in [2.24, 2.45) is 5.92 Å². The lowest BCUT2D eigenvalue weighted by atomic mass is 10.1. The average Bonchev–Trinajstić information content (AvgIpc) is 2.37. The van der Waals surface area contributed by atoms with Crippen LogP contribution in [0.2, 0.25) is 0 Å². The highest BCUT2D eigenvalue weighted by Crippen LogP contribution is 2.11. The zero-order valence-electron chi connectivity index (χ0n) is 13.8. The molecule has 1 aromatic carbocycles. The second kappa shape index (κ2) is 7.46. The summed E-state index contributed by atoms with van der Waals surface area (Å²) < 4.78 is 0. The Morgan fingerprint density at radius 1 is 1.24 bits per heavy atom. The van der Waals surface area contributed by atoms with Crippen molar-refractivity contribution in [3.05, 3.63) is 35.9 Å². The van der Waals surface area contributed by atoms with Crippen LogP contribution in [0.25, 0.3) is 0 Å². The smallest absolute Gasteiger partial charge is 0.318 e. The number of rotatable bonds is 6. The normalized spacial score (nSPS) is 13.1. The molecule has 4 heteroatoms. The van der Waals surface area contributed by atoms with Crippen LogP contribution >= 0.6 is 0 Å². The molecule has 1 unspecified atom stereocenters. The number of nitrogens with one attached hydrogen (secondary N) is 1. The molecule has 0 saturated carbocycles. The van der Waals surface area contributed by atoms with Crippen LogP contribution < -0.4 is 5.32 Å². The predicted octanol–water partition coefficient (Wildman–Crippen LogP) is 3.01. The number of nitrogens with zero attached hydrogens (tertiary/aromatic N) is 1. The molecule has 0 spiro atoms. The summed E-state index contributed by atoms with van der Waals surface area (Å²) in [5.41, 5.74) is 0.127. The second-order valence-electron chi connectivity index (χ2n) is 6.64. The maximum absolute atomic E-state index is 12.4. The van der Waals surface area contributed by atoms with Crippen molar-refractivity contribution in [3.8, 4) is 0 Å². The molecule has 0 aliphatic carbocycles. The molecule has 0 radical (unpaired) electrons. The summed E-state index contributed by atoms with van der Waals surface area (Å²) in [6.07, 6.45) is 0. The van der Waals surface area contributed by atoms with Gasteiger partial charge in [-0.3, -0.25) is 0 Å². The van der Waals surface area contributed by atoms with Crippen LogP contribution in [0.15, 0.2) is 30.3 Å². The number of carbonyl (C=O) groups excluding carboxylic acids is 1. The highest BCUT2D eigenvalue weighted by Gasteiger charge is 2.24. The fraction of sp³-hybridized carbons (Fsp3) is 0.588. The predicted molar refractivity (Wildman–Crippen MR) is 86.0 cm³/mol. The number of amides is 2. The first-order valence-electron chi connectivity index (χ1n) is 7.51. The van der Waals surface area contributed by atoms with Crippen molar-refractivity contribution < 1.29 is 9.90 Å². The van der Waals surface area contributed by atoms with Crippen molar-refractivity contribution >= 4 is 6.03 Å². The van der Waals surface area contributed by atoms with Crippen LogP contribution in [-0.4, -0.2) is 34.2 Å². The quantitative estimate of drug-likeness (QED) is 0.847. The van der Waals surface area contributed by atoms with Crippen LogP contribution in [0, 0.1) is 5.92 Å². The first-order valence-corrected chi connectivity index (χ1v) is 7.51. The maximum Gasteiger partial charge on any atom is 0.318 e. The summed E-state index contributed by atoms with van der Waals surface area (Å²) in [5.74, 6) is 0.370. The largest absolute Gasteiger partial charge is 0.389 e. The molecular weight excluding hydrogens is 264 g/mol. The minimum absolute atomic E-state index is 0.0950. The molecule has 0 aliphatic heterocycles. The van der Waals surface area contributed by atoms with E-state index < -0.39 is 5.60 Å². The Kier molecular flexibility index (Phi) is 6.21. The number of hydrogen-bond acceptors (Lipinski definition) is 2. The van der Waals surface area contributed by atoms with Crippen LogP contribution in [-0.2, 0) is 6.54 Å². The minimum Gasteiger partial charge on any atom is -0.389 e. The van der Waals surface area contributed by atoms with Gasteiger partial charge in [0.15, 0.2) is 0 Å². The monoisotopic (exact) mass is 292 g/mol. The molecule has 0 aromatic heterocycles. The molecule has 0 saturated heterocycles. The molecule has 2 amide bonds. The van der Waals surface area contributed by atoms with Gasteiger partial charge in [-0.2, -0.15) is 0 Å². The standard InChI is InChI=1S/C17H28N2O2/c1-13(2)14(3)18-16(20)19(12-17(4,5)21)11-15-9-7-6-8-10-15/h6-10,13-14,21H,11-12H2,1-5H3,(H,18,20). The SMILES string of the molecule is CC(C)C(C)NC(=O)N(Cc1ccccc1)CC(C)(C)O.